The Bertz CT molecular complexity index is 176. The van der Waals surface area contributed by atoms with Crippen molar-refractivity contribution in [3.05, 3.63) is 15.4 Å². The molecule has 4 heteroatoms. The van der Waals surface area contributed by atoms with Gasteiger partial charge in [-0.2, -0.15) is 0 Å². The monoisotopic (exact) mass is 167 g/mol. The molecule has 0 unspecified atom stereocenters. The summed E-state index contributed by atoms with van der Waals surface area (Å²) in [5.74, 6) is 0. The molecular formula is C4H3Cl2NS. The first-order valence-corrected chi connectivity index (χ1v) is 3.47. The number of nitrogens with two attached hydrogens (primary N) is 1. The molecule has 0 spiro atoms. The minimum absolute atomic E-state index is 0.542. The van der Waals surface area contributed by atoms with Crippen molar-refractivity contribution in [3.63, 3.8) is 0 Å². The molecule has 0 aliphatic rings. The standard InChI is InChI=1S/C4H3Cl2NS/c5-2-1-3(6)8-4(2)7/h1H,7H2. The summed E-state index contributed by atoms with van der Waals surface area (Å²) in [4.78, 5) is 0. The number of halogens is 2. The zero-order valence-electron chi connectivity index (χ0n) is 3.82. The van der Waals surface area contributed by atoms with Gasteiger partial charge in [0, 0.05) is 0 Å². The van der Waals surface area contributed by atoms with Crippen LogP contribution in [0.3, 0.4) is 0 Å². The Balaban J connectivity index is 3.14. The van der Waals surface area contributed by atoms with E-state index >= 15 is 0 Å². The van der Waals surface area contributed by atoms with Crippen LogP contribution in [0.5, 0.6) is 0 Å². The number of anilines is 1. The van der Waals surface area contributed by atoms with E-state index in [0.717, 1.165) is 0 Å². The molecule has 0 saturated heterocycles. The van der Waals surface area contributed by atoms with Gasteiger partial charge in [0.25, 0.3) is 0 Å². The average molecular weight is 168 g/mol. The van der Waals surface area contributed by atoms with E-state index in [1.807, 2.05) is 0 Å². The van der Waals surface area contributed by atoms with Gasteiger partial charge >= 0.3 is 0 Å². The molecule has 0 atom stereocenters. The van der Waals surface area contributed by atoms with Crippen molar-refractivity contribution in [1.82, 2.24) is 0 Å². The van der Waals surface area contributed by atoms with E-state index in [9.17, 15) is 0 Å². The van der Waals surface area contributed by atoms with E-state index in [4.69, 9.17) is 28.9 Å². The zero-order chi connectivity index (χ0) is 6.15. The van der Waals surface area contributed by atoms with Crippen molar-refractivity contribution in [2.24, 2.45) is 0 Å². The third-order valence-electron chi connectivity index (χ3n) is 0.683. The molecule has 0 saturated carbocycles. The topological polar surface area (TPSA) is 26.0 Å². The van der Waals surface area contributed by atoms with Gasteiger partial charge in [-0.1, -0.05) is 23.2 Å². The first kappa shape index (κ1) is 6.20. The van der Waals surface area contributed by atoms with Gasteiger partial charge in [0.15, 0.2) is 0 Å². The Morgan fingerprint density at radius 2 is 2.12 bits per heavy atom. The third-order valence-corrected chi connectivity index (χ3v) is 2.20. The van der Waals surface area contributed by atoms with Gasteiger partial charge in [-0.15, -0.1) is 11.3 Å². The van der Waals surface area contributed by atoms with Crippen molar-refractivity contribution < 1.29 is 0 Å². The molecule has 44 valence electrons. The van der Waals surface area contributed by atoms with Gasteiger partial charge < -0.3 is 5.73 Å². The predicted octanol–water partition coefficient (Wildman–Crippen LogP) is 2.64. The van der Waals surface area contributed by atoms with Gasteiger partial charge in [-0.05, 0) is 6.07 Å². The third kappa shape index (κ3) is 1.08. The molecule has 0 bridgehead atoms. The van der Waals surface area contributed by atoms with Crippen LogP contribution in [0.4, 0.5) is 5.00 Å². The lowest BCUT2D eigenvalue weighted by Crippen LogP contribution is -1.75. The molecule has 0 radical (unpaired) electrons. The molecule has 0 amide bonds. The van der Waals surface area contributed by atoms with Crippen molar-refractivity contribution in [2.75, 3.05) is 5.73 Å². The maximum Gasteiger partial charge on any atom is 0.106 e. The number of thiophene rings is 1. The predicted molar refractivity (Wildman–Crippen MR) is 38.8 cm³/mol. The second-order valence-electron chi connectivity index (χ2n) is 1.26. The summed E-state index contributed by atoms with van der Waals surface area (Å²) in [5, 5.41) is 1.12. The number of hydrogen-bond donors (Lipinski definition) is 1. The van der Waals surface area contributed by atoms with Gasteiger partial charge in [0.2, 0.25) is 0 Å². The fourth-order valence-corrected chi connectivity index (χ4v) is 1.60. The molecule has 1 heterocycles. The molecule has 0 aromatic carbocycles. The minimum Gasteiger partial charge on any atom is -0.389 e. The van der Waals surface area contributed by atoms with E-state index < -0.39 is 0 Å². The maximum absolute atomic E-state index is 5.53. The van der Waals surface area contributed by atoms with Crippen LogP contribution in [0, 0.1) is 0 Å². The van der Waals surface area contributed by atoms with Gasteiger partial charge in [-0.3, -0.25) is 0 Å². The number of nitrogen functional groups attached to an aromatic ring is 1. The lowest BCUT2D eigenvalue weighted by Gasteiger charge is -1.77. The molecule has 0 aliphatic heterocycles. The molecule has 8 heavy (non-hydrogen) atoms. The molecule has 1 rings (SSSR count). The molecule has 1 aromatic rings. The average Bonchev–Trinajstić information content (AvgIpc) is 1.85. The van der Waals surface area contributed by atoms with Crippen molar-refractivity contribution >= 4 is 39.5 Å². The van der Waals surface area contributed by atoms with Crippen LogP contribution in [-0.2, 0) is 0 Å². The van der Waals surface area contributed by atoms with Crippen LogP contribution in [-0.4, -0.2) is 0 Å². The highest BCUT2D eigenvalue weighted by atomic mass is 35.5. The van der Waals surface area contributed by atoms with Crippen molar-refractivity contribution in [1.29, 1.82) is 0 Å². The summed E-state index contributed by atoms with van der Waals surface area (Å²) in [6, 6.07) is 1.63. The summed E-state index contributed by atoms with van der Waals surface area (Å²) in [7, 11) is 0. The number of rotatable bonds is 0. The minimum atomic E-state index is 0.542. The fourth-order valence-electron chi connectivity index (χ4n) is 0.354. The summed E-state index contributed by atoms with van der Waals surface area (Å²) in [5.41, 5.74) is 5.34. The molecular weight excluding hydrogens is 165 g/mol. The highest BCUT2D eigenvalue weighted by Gasteiger charge is 1.98. The van der Waals surface area contributed by atoms with Crippen LogP contribution >= 0.6 is 34.5 Å². The van der Waals surface area contributed by atoms with Gasteiger partial charge in [0.05, 0.1) is 9.36 Å². The summed E-state index contributed by atoms with van der Waals surface area (Å²) in [6.07, 6.45) is 0. The van der Waals surface area contributed by atoms with E-state index in [1.54, 1.807) is 6.07 Å². The zero-order valence-corrected chi connectivity index (χ0v) is 6.15. The Labute approximate surface area is 61.0 Å². The van der Waals surface area contributed by atoms with E-state index in [0.29, 0.717) is 14.4 Å². The quantitative estimate of drug-likeness (QED) is 0.633. The molecule has 0 fully saturated rings. The van der Waals surface area contributed by atoms with E-state index in [-0.39, 0.29) is 0 Å². The van der Waals surface area contributed by atoms with Crippen LogP contribution in [0.2, 0.25) is 9.36 Å². The summed E-state index contributed by atoms with van der Waals surface area (Å²) in [6.45, 7) is 0. The van der Waals surface area contributed by atoms with E-state index in [2.05, 4.69) is 0 Å². The van der Waals surface area contributed by atoms with Gasteiger partial charge in [0.1, 0.15) is 5.00 Å². The SMILES string of the molecule is Nc1sc(Cl)cc1Cl. The number of hydrogen-bond acceptors (Lipinski definition) is 2. The molecule has 1 aromatic heterocycles. The van der Waals surface area contributed by atoms with Crippen LogP contribution < -0.4 is 5.73 Å². The second kappa shape index (κ2) is 2.13. The van der Waals surface area contributed by atoms with Gasteiger partial charge in [-0.25, -0.2) is 0 Å². The molecule has 2 N–H and O–H groups in total. The smallest absolute Gasteiger partial charge is 0.106 e. The highest BCUT2D eigenvalue weighted by Crippen LogP contribution is 2.32. The van der Waals surface area contributed by atoms with Crippen LogP contribution in [0.15, 0.2) is 6.07 Å². The Morgan fingerprint density at radius 1 is 1.50 bits per heavy atom. The molecule has 1 nitrogen and oxygen atoms in total. The lowest BCUT2D eigenvalue weighted by atomic mass is 10.6. The summed E-state index contributed by atoms with van der Waals surface area (Å²) >= 11 is 12.3. The normalized spacial score (nSPS) is 9.75. The Morgan fingerprint density at radius 3 is 2.25 bits per heavy atom. The first-order chi connectivity index (χ1) is 3.70. The first-order valence-electron chi connectivity index (χ1n) is 1.90. The van der Waals surface area contributed by atoms with Crippen LogP contribution in [0.25, 0.3) is 0 Å². The lowest BCUT2D eigenvalue weighted by molar-refractivity contribution is 1.93. The van der Waals surface area contributed by atoms with E-state index in [1.165, 1.54) is 11.3 Å². The Kier molecular flexibility index (Phi) is 1.65. The Hall–Kier alpha value is 0.0800. The fraction of sp³-hybridized carbons (Fsp3) is 0. The van der Waals surface area contributed by atoms with Crippen molar-refractivity contribution in [2.45, 2.75) is 0 Å². The molecule has 0 aliphatic carbocycles. The second-order valence-corrected chi connectivity index (χ2v) is 3.38. The maximum atomic E-state index is 5.53. The van der Waals surface area contributed by atoms with Crippen molar-refractivity contribution in [3.8, 4) is 0 Å². The summed E-state index contributed by atoms with van der Waals surface area (Å²) < 4.78 is 0.632. The van der Waals surface area contributed by atoms with Crippen LogP contribution in [0.1, 0.15) is 0 Å². The highest BCUT2D eigenvalue weighted by molar-refractivity contribution is 7.20. The largest absolute Gasteiger partial charge is 0.389 e.